The van der Waals surface area contributed by atoms with E-state index in [1.165, 1.54) is 13.2 Å². The Bertz CT molecular complexity index is 775. The number of ether oxygens (including phenoxy) is 2. The molecular formula is C18H22FN3O3. The number of para-hydroxylation sites is 1. The van der Waals surface area contributed by atoms with Crippen LogP contribution in [0.4, 0.5) is 4.39 Å². The lowest BCUT2D eigenvalue weighted by atomic mass is 10.0. The third-order valence-corrected chi connectivity index (χ3v) is 4.48. The van der Waals surface area contributed by atoms with Gasteiger partial charge in [0.15, 0.2) is 0 Å². The summed E-state index contributed by atoms with van der Waals surface area (Å²) in [5.74, 6) is -0.430. The van der Waals surface area contributed by atoms with Gasteiger partial charge in [-0.25, -0.2) is 9.07 Å². The molecule has 0 spiro atoms. The number of rotatable bonds is 4. The summed E-state index contributed by atoms with van der Waals surface area (Å²) in [4.78, 5) is 14.2. The van der Waals surface area contributed by atoms with Crippen LogP contribution in [-0.4, -0.2) is 54.1 Å². The molecule has 0 unspecified atom stereocenters. The van der Waals surface area contributed by atoms with Gasteiger partial charge in [-0.05, 0) is 26.0 Å². The Morgan fingerprint density at radius 2 is 2.16 bits per heavy atom. The monoisotopic (exact) mass is 347 g/mol. The lowest BCUT2D eigenvalue weighted by Gasteiger charge is -2.36. The number of benzene rings is 1. The molecule has 134 valence electrons. The molecule has 0 radical (unpaired) electrons. The number of hydrogen-bond donors (Lipinski definition) is 0. The van der Waals surface area contributed by atoms with Crippen LogP contribution in [-0.2, 0) is 14.3 Å². The summed E-state index contributed by atoms with van der Waals surface area (Å²) in [7, 11) is 1.50. The van der Waals surface area contributed by atoms with Crippen LogP contribution in [0.1, 0.15) is 23.0 Å². The number of methoxy groups -OCH3 is 1. The number of nitrogens with zero attached hydrogens (tertiary/aromatic N) is 3. The van der Waals surface area contributed by atoms with E-state index < -0.39 is 0 Å². The molecule has 7 heteroatoms. The van der Waals surface area contributed by atoms with Crippen molar-refractivity contribution in [3.63, 3.8) is 0 Å². The summed E-state index contributed by atoms with van der Waals surface area (Å²) in [6, 6.07) is 6.25. The fourth-order valence-corrected chi connectivity index (χ4v) is 3.34. The van der Waals surface area contributed by atoms with Crippen molar-refractivity contribution < 1.29 is 18.7 Å². The topological polar surface area (TPSA) is 56.6 Å². The number of hydrogen-bond acceptors (Lipinski definition) is 4. The molecule has 25 heavy (non-hydrogen) atoms. The molecule has 0 aliphatic carbocycles. The highest BCUT2D eigenvalue weighted by molar-refractivity contribution is 5.78. The molecule has 1 aliphatic heterocycles. The summed E-state index contributed by atoms with van der Waals surface area (Å²) in [5.41, 5.74) is 2.84. The first-order valence-electron chi connectivity index (χ1n) is 8.21. The van der Waals surface area contributed by atoms with Crippen LogP contribution in [0.25, 0.3) is 5.69 Å². The van der Waals surface area contributed by atoms with Crippen molar-refractivity contribution >= 4 is 5.91 Å². The van der Waals surface area contributed by atoms with Crippen LogP contribution >= 0.6 is 0 Å². The predicted octanol–water partition coefficient (Wildman–Crippen LogP) is 2.17. The zero-order valence-electron chi connectivity index (χ0n) is 14.7. The van der Waals surface area contributed by atoms with E-state index in [0.29, 0.717) is 25.4 Å². The second-order valence-electron chi connectivity index (χ2n) is 6.06. The predicted molar refractivity (Wildman–Crippen MR) is 90.1 cm³/mol. The van der Waals surface area contributed by atoms with Crippen LogP contribution in [0.15, 0.2) is 24.3 Å². The Morgan fingerprint density at radius 1 is 1.40 bits per heavy atom. The first-order valence-corrected chi connectivity index (χ1v) is 8.21. The Morgan fingerprint density at radius 3 is 2.88 bits per heavy atom. The average molecular weight is 347 g/mol. The number of carbonyl (C=O) groups excluding carboxylic acids is 1. The highest BCUT2D eigenvalue weighted by Gasteiger charge is 2.32. The van der Waals surface area contributed by atoms with Crippen molar-refractivity contribution in [3.05, 3.63) is 47.0 Å². The van der Waals surface area contributed by atoms with Gasteiger partial charge >= 0.3 is 0 Å². The number of halogens is 1. The van der Waals surface area contributed by atoms with Crippen molar-refractivity contribution in [2.75, 3.05) is 33.5 Å². The van der Waals surface area contributed by atoms with E-state index in [1.807, 2.05) is 13.8 Å². The van der Waals surface area contributed by atoms with Crippen LogP contribution in [0.5, 0.6) is 0 Å². The van der Waals surface area contributed by atoms with E-state index in [-0.39, 0.29) is 24.4 Å². The largest absolute Gasteiger partial charge is 0.377 e. The van der Waals surface area contributed by atoms with Crippen LogP contribution in [0, 0.1) is 19.7 Å². The van der Waals surface area contributed by atoms with E-state index in [1.54, 1.807) is 27.8 Å². The zero-order chi connectivity index (χ0) is 18.0. The van der Waals surface area contributed by atoms with Gasteiger partial charge in [0.1, 0.15) is 18.1 Å². The number of aromatic nitrogens is 2. The highest BCUT2D eigenvalue weighted by Crippen LogP contribution is 2.31. The first kappa shape index (κ1) is 17.6. The summed E-state index contributed by atoms with van der Waals surface area (Å²) in [6.45, 7) is 5.15. The van der Waals surface area contributed by atoms with Gasteiger partial charge in [-0.2, -0.15) is 5.10 Å². The third-order valence-electron chi connectivity index (χ3n) is 4.48. The number of aryl methyl sites for hydroxylation is 1. The number of carbonyl (C=O) groups is 1. The molecule has 0 saturated carbocycles. The van der Waals surface area contributed by atoms with Gasteiger partial charge in [0.05, 0.1) is 24.9 Å². The quantitative estimate of drug-likeness (QED) is 0.851. The standard InChI is InChI=1S/C18H22FN3O3/c1-12-18(16-10-25-9-8-21(16)17(23)11-24-3)13(2)22(20-12)15-7-5-4-6-14(15)19/h4-7,16H,8-11H2,1-3H3/t16-/m1/s1. The van der Waals surface area contributed by atoms with Gasteiger partial charge < -0.3 is 14.4 Å². The molecule has 1 fully saturated rings. The summed E-state index contributed by atoms with van der Waals surface area (Å²) >= 11 is 0. The van der Waals surface area contributed by atoms with Gasteiger partial charge in [-0.15, -0.1) is 0 Å². The fraction of sp³-hybridized carbons (Fsp3) is 0.444. The third kappa shape index (κ3) is 3.29. The number of amides is 1. The normalized spacial score (nSPS) is 17.8. The number of morpholine rings is 1. The molecule has 1 saturated heterocycles. The van der Waals surface area contributed by atoms with Gasteiger partial charge in [-0.1, -0.05) is 12.1 Å². The Hall–Kier alpha value is -2.25. The summed E-state index contributed by atoms with van der Waals surface area (Å²) < 4.78 is 26.4. The molecular weight excluding hydrogens is 325 g/mol. The van der Waals surface area contributed by atoms with E-state index in [9.17, 15) is 9.18 Å². The summed E-state index contributed by atoms with van der Waals surface area (Å²) in [5, 5.41) is 4.51. The highest BCUT2D eigenvalue weighted by atomic mass is 19.1. The minimum atomic E-state index is -0.341. The molecule has 0 N–H and O–H groups in total. The smallest absolute Gasteiger partial charge is 0.249 e. The lowest BCUT2D eigenvalue weighted by molar-refractivity contribution is -0.144. The van der Waals surface area contributed by atoms with Gasteiger partial charge in [0.2, 0.25) is 5.91 Å². The first-order chi connectivity index (χ1) is 12.0. The van der Waals surface area contributed by atoms with Crippen LogP contribution < -0.4 is 0 Å². The lowest BCUT2D eigenvalue weighted by Crippen LogP contribution is -2.45. The second-order valence-corrected chi connectivity index (χ2v) is 6.06. The fourth-order valence-electron chi connectivity index (χ4n) is 3.34. The molecule has 2 aromatic rings. The van der Waals surface area contributed by atoms with Crippen LogP contribution in [0.3, 0.4) is 0 Å². The Labute approximate surface area is 146 Å². The minimum absolute atomic E-state index is 0.0239. The molecule has 1 amide bonds. The van der Waals surface area contributed by atoms with E-state index in [0.717, 1.165) is 17.0 Å². The zero-order valence-corrected chi connectivity index (χ0v) is 14.7. The molecule has 1 aromatic carbocycles. The van der Waals surface area contributed by atoms with E-state index in [4.69, 9.17) is 9.47 Å². The minimum Gasteiger partial charge on any atom is -0.377 e. The van der Waals surface area contributed by atoms with E-state index in [2.05, 4.69) is 5.10 Å². The SMILES string of the molecule is COCC(=O)N1CCOC[C@@H]1c1c(C)nn(-c2ccccc2F)c1C. The average Bonchev–Trinajstić information content (AvgIpc) is 2.90. The Balaban J connectivity index is 2.02. The Kier molecular flexibility index (Phi) is 5.15. The van der Waals surface area contributed by atoms with Crippen molar-refractivity contribution in [1.29, 1.82) is 0 Å². The molecule has 1 aromatic heterocycles. The van der Waals surface area contributed by atoms with E-state index >= 15 is 0 Å². The van der Waals surface area contributed by atoms with Gasteiger partial charge in [0, 0.05) is 24.9 Å². The van der Waals surface area contributed by atoms with Crippen molar-refractivity contribution in [1.82, 2.24) is 14.7 Å². The molecule has 3 rings (SSSR count). The molecule has 0 bridgehead atoms. The van der Waals surface area contributed by atoms with Gasteiger partial charge in [0.25, 0.3) is 0 Å². The molecule has 6 nitrogen and oxygen atoms in total. The van der Waals surface area contributed by atoms with Crippen molar-refractivity contribution in [3.8, 4) is 5.69 Å². The molecule has 1 aliphatic rings. The molecule has 2 heterocycles. The van der Waals surface area contributed by atoms with Crippen molar-refractivity contribution in [2.45, 2.75) is 19.9 Å². The maximum absolute atomic E-state index is 14.2. The van der Waals surface area contributed by atoms with Gasteiger partial charge in [-0.3, -0.25) is 4.79 Å². The summed E-state index contributed by atoms with van der Waals surface area (Å²) in [6.07, 6.45) is 0. The maximum atomic E-state index is 14.2. The van der Waals surface area contributed by atoms with Crippen molar-refractivity contribution in [2.24, 2.45) is 0 Å². The van der Waals surface area contributed by atoms with Crippen LogP contribution in [0.2, 0.25) is 0 Å². The maximum Gasteiger partial charge on any atom is 0.249 e. The molecule has 1 atom stereocenters. The second kappa shape index (κ2) is 7.33.